The van der Waals surface area contributed by atoms with Crippen molar-refractivity contribution in [3.8, 4) is 0 Å². The summed E-state index contributed by atoms with van der Waals surface area (Å²) in [5.41, 5.74) is 1.66. The monoisotopic (exact) mass is 260 g/mol. The van der Waals surface area contributed by atoms with Crippen LogP contribution >= 0.6 is 0 Å². The highest BCUT2D eigenvalue weighted by molar-refractivity contribution is 5.03. The van der Waals surface area contributed by atoms with Gasteiger partial charge < -0.3 is 0 Å². The largest absolute Gasteiger partial charge is 0.298 e. The normalized spacial score (nSPS) is 24.7. The zero-order valence-electron chi connectivity index (χ0n) is 12.9. The van der Waals surface area contributed by atoms with E-state index in [1.165, 1.54) is 31.4 Å². The molecule has 2 heteroatoms. The molecule has 1 aromatic heterocycles. The van der Waals surface area contributed by atoms with Gasteiger partial charge in [0, 0.05) is 18.8 Å². The molecule has 1 heterocycles. The first-order valence-electron chi connectivity index (χ1n) is 7.57. The number of aromatic nitrogens is 1. The molecule has 1 aliphatic carbocycles. The maximum Gasteiger partial charge on any atom is 0.0543 e. The summed E-state index contributed by atoms with van der Waals surface area (Å²) in [6.07, 6.45) is 7.32. The molecule has 0 atom stereocenters. The number of pyridine rings is 1. The van der Waals surface area contributed by atoms with E-state index in [9.17, 15) is 0 Å². The topological polar surface area (TPSA) is 16.1 Å². The Bertz CT molecular complexity index is 372. The molecule has 2 rings (SSSR count). The van der Waals surface area contributed by atoms with Gasteiger partial charge in [0.05, 0.1) is 5.69 Å². The Morgan fingerprint density at radius 1 is 1.16 bits per heavy atom. The van der Waals surface area contributed by atoms with Crippen LogP contribution in [-0.4, -0.2) is 23.0 Å². The lowest BCUT2D eigenvalue weighted by molar-refractivity contribution is 0.107. The lowest BCUT2D eigenvalue weighted by Crippen LogP contribution is -2.37. The third-order valence-corrected chi connectivity index (χ3v) is 4.68. The molecule has 0 unspecified atom stereocenters. The van der Waals surface area contributed by atoms with Gasteiger partial charge in [-0.2, -0.15) is 0 Å². The van der Waals surface area contributed by atoms with Crippen molar-refractivity contribution in [3.63, 3.8) is 0 Å². The van der Waals surface area contributed by atoms with Crippen LogP contribution in [0.5, 0.6) is 0 Å². The maximum absolute atomic E-state index is 4.43. The van der Waals surface area contributed by atoms with Crippen LogP contribution in [0, 0.1) is 11.3 Å². The van der Waals surface area contributed by atoms with E-state index in [0.29, 0.717) is 5.41 Å². The Kier molecular flexibility index (Phi) is 4.62. The van der Waals surface area contributed by atoms with Crippen molar-refractivity contribution in [2.24, 2.45) is 11.3 Å². The van der Waals surface area contributed by atoms with E-state index in [1.807, 2.05) is 12.3 Å². The van der Waals surface area contributed by atoms with Crippen LogP contribution in [0.15, 0.2) is 24.4 Å². The van der Waals surface area contributed by atoms with Crippen molar-refractivity contribution >= 4 is 0 Å². The molecular weight excluding hydrogens is 232 g/mol. The van der Waals surface area contributed by atoms with Crippen molar-refractivity contribution < 1.29 is 0 Å². The minimum atomic E-state index is 0.477. The van der Waals surface area contributed by atoms with Gasteiger partial charge in [0.1, 0.15) is 0 Å². The van der Waals surface area contributed by atoms with Gasteiger partial charge in [0.15, 0.2) is 0 Å². The van der Waals surface area contributed by atoms with Crippen LogP contribution in [0.2, 0.25) is 0 Å². The van der Waals surface area contributed by atoms with Crippen LogP contribution < -0.4 is 0 Å². The number of nitrogens with zero attached hydrogens (tertiary/aromatic N) is 2. The lowest BCUT2D eigenvalue weighted by atomic mass is 9.71. The van der Waals surface area contributed by atoms with E-state index < -0.39 is 0 Å². The van der Waals surface area contributed by atoms with Crippen LogP contribution in [0.4, 0.5) is 0 Å². The molecule has 1 fully saturated rings. The number of hydrogen-bond donors (Lipinski definition) is 0. The van der Waals surface area contributed by atoms with E-state index in [2.05, 4.69) is 49.8 Å². The van der Waals surface area contributed by atoms with E-state index in [-0.39, 0.29) is 0 Å². The third-order valence-electron chi connectivity index (χ3n) is 4.68. The standard InChI is InChI=1S/C17H28N2/c1-17(2,3)14-8-10-16(11-9-14)19(4)13-15-7-5-6-12-18-15/h5-7,12,14,16H,8-11,13H2,1-4H3. The summed E-state index contributed by atoms with van der Waals surface area (Å²) < 4.78 is 0. The molecule has 1 aliphatic rings. The Morgan fingerprint density at radius 2 is 1.84 bits per heavy atom. The van der Waals surface area contributed by atoms with Gasteiger partial charge in [-0.3, -0.25) is 9.88 Å². The molecule has 0 radical (unpaired) electrons. The van der Waals surface area contributed by atoms with Gasteiger partial charge in [-0.05, 0) is 56.2 Å². The fourth-order valence-corrected chi connectivity index (χ4v) is 3.26. The molecule has 19 heavy (non-hydrogen) atoms. The first-order chi connectivity index (χ1) is 8.97. The minimum Gasteiger partial charge on any atom is -0.298 e. The van der Waals surface area contributed by atoms with E-state index >= 15 is 0 Å². The molecule has 106 valence electrons. The van der Waals surface area contributed by atoms with Gasteiger partial charge in [-0.15, -0.1) is 0 Å². The highest BCUT2D eigenvalue weighted by Gasteiger charge is 2.30. The summed E-state index contributed by atoms with van der Waals surface area (Å²) in [7, 11) is 2.25. The zero-order valence-corrected chi connectivity index (χ0v) is 12.9. The van der Waals surface area contributed by atoms with Crippen LogP contribution in [0.1, 0.15) is 52.1 Å². The molecule has 1 aromatic rings. The number of hydrogen-bond acceptors (Lipinski definition) is 2. The minimum absolute atomic E-state index is 0.477. The molecule has 0 aromatic carbocycles. The van der Waals surface area contributed by atoms with Crippen molar-refractivity contribution in [2.45, 2.75) is 59.0 Å². The van der Waals surface area contributed by atoms with Gasteiger partial charge in [0.25, 0.3) is 0 Å². The molecule has 0 spiro atoms. The molecular formula is C17H28N2. The Hall–Kier alpha value is -0.890. The average Bonchev–Trinajstić information content (AvgIpc) is 2.39. The Morgan fingerprint density at radius 3 is 2.37 bits per heavy atom. The Balaban J connectivity index is 1.84. The van der Waals surface area contributed by atoms with Crippen molar-refractivity contribution in [1.29, 1.82) is 0 Å². The summed E-state index contributed by atoms with van der Waals surface area (Å²) in [5.74, 6) is 0.895. The molecule has 2 nitrogen and oxygen atoms in total. The lowest BCUT2D eigenvalue weighted by Gasteiger charge is -2.39. The van der Waals surface area contributed by atoms with E-state index in [4.69, 9.17) is 0 Å². The van der Waals surface area contributed by atoms with Crippen LogP contribution in [-0.2, 0) is 6.54 Å². The smallest absolute Gasteiger partial charge is 0.0543 e. The van der Waals surface area contributed by atoms with Crippen molar-refractivity contribution in [3.05, 3.63) is 30.1 Å². The summed E-state index contributed by atoms with van der Waals surface area (Å²) >= 11 is 0. The molecule has 1 saturated carbocycles. The second-order valence-electron chi connectivity index (χ2n) is 7.11. The molecule has 0 amide bonds. The van der Waals surface area contributed by atoms with Gasteiger partial charge in [0.2, 0.25) is 0 Å². The first-order valence-corrected chi connectivity index (χ1v) is 7.57. The molecule has 0 N–H and O–H groups in total. The highest BCUT2D eigenvalue weighted by Crippen LogP contribution is 2.38. The predicted octanol–water partition coefficient (Wildman–Crippen LogP) is 4.12. The van der Waals surface area contributed by atoms with Crippen molar-refractivity contribution in [1.82, 2.24) is 9.88 Å². The van der Waals surface area contributed by atoms with Gasteiger partial charge in [-0.25, -0.2) is 0 Å². The third kappa shape index (κ3) is 4.04. The fraction of sp³-hybridized carbons (Fsp3) is 0.706. The Labute approximate surface area is 118 Å². The SMILES string of the molecule is CN(Cc1ccccn1)C1CCC(C(C)(C)C)CC1. The van der Waals surface area contributed by atoms with Crippen LogP contribution in [0.3, 0.4) is 0 Å². The maximum atomic E-state index is 4.43. The number of rotatable bonds is 3. The van der Waals surface area contributed by atoms with Crippen molar-refractivity contribution in [2.75, 3.05) is 7.05 Å². The predicted molar refractivity (Wildman–Crippen MR) is 80.9 cm³/mol. The summed E-state index contributed by atoms with van der Waals surface area (Å²) in [6, 6.07) is 6.92. The first kappa shape index (κ1) is 14.5. The quantitative estimate of drug-likeness (QED) is 0.812. The second-order valence-corrected chi connectivity index (χ2v) is 7.11. The van der Waals surface area contributed by atoms with Crippen LogP contribution in [0.25, 0.3) is 0 Å². The molecule has 0 bridgehead atoms. The second kappa shape index (κ2) is 6.04. The summed E-state index contributed by atoms with van der Waals surface area (Å²) in [6.45, 7) is 8.13. The zero-order chi connectivity index (χ0) is 13.9. The molecule has 0 aliphatic heterocycles. The summed E-state index contributed by atoms with van der Waals surface area (Å²) in [4.78, 5) is 6.91. The van der Waals surface area contributed by atoms with E-state index in [1.54, 1.807) is 0 Å². The molecule has 0 saturated heterocycles. The van der Waals surface area contributed by atoms with E-state index in [0.717, 1.165) is 18.5 Å². The average molecular weight is 260 g/mol. The highest BCUT2D eigenvalue weighted by atomic mass is 15.1. The van der Waals surface area contributed by atoms with Gasteiger partial charge in [-0.1, -0.05) is 26.8 Å². The van der Waals surface area contributed by atoms with Gasteiger partial charge >= 0.3 is 0 Å². The summed E-state index contributed by atoms with van der Waals surface area (Å²) in [5, 5.41) is 0. The fourth-order valence-electron chi connectivity index (χ4n) is 3.26.